The van der Waals surface area contributed by atoms with Crippen molar-refractivity contribution in [1.29, 1.82) is 0 Å². The maximum atomic E-state index is 12.3. The van der Waals surface area contributed by atoms with E-state index in [2.05, 4.69) is 0 Å². The van der Waals surface area contributed by atoms with Crippen molar-refractivity contribution in [3.63, 3.8) is 0 Å². The van der Waals surface area contributed by atoms with Crippen LogP contribution in [0.2, 0.25) is 5.02 Å². The fraction of sp³-hybridized carbons (Fsp3) is 0.417. The lowest BCUT2D eigenvalue weighted by molar-refractivity contribution is -0.384. The number of halogens is 1. The molecule has 1 unspecified atom stereocenters. The second kappa shape index (κ2) is 5.54. The molecular weight excluding hydrogens is 272 g/mol. The highest BCUT2D eigenvalue weighted by atomic mass is 35.5. The lowest BCUT2D eigenvalue weighted by Gasteiger charge is -2.33. The lowest BCUT2D eigenvalue weighted by Crippen LogP contribution is -2.47. The second-order valence-electron chi connectivity index (χ2n) is 4.35. The Balaban J connectivity index is 2.24. The minimum atomic E-state index is -0.575. The number of carbonyl (C=O) groups is 1. The van der Waals surface area contributed by atoms with Crippen LogP contribution in [0.25, 0.3) is 0 Å². The molecule has 1 heterocycles. The van der Waals surface area contributed by atoms with Crippen molar-refractivity contribution in [2.75, 3.05) is 19.8 Å². The molecule has 1 saturated heterocycles. The van der Waals surface area contributed by atoms with Crippen molar-refractivity contribution in [3.8, 4) is 0 Å². The highest BCUT2D eigenvalue weighted by Gasteiger charge is 2.25. The van der Waals surface area contributed by atoms with Gasteiger partial charge in [0.15, 0.2) is 0 Å². The summed E-state index contributed by atoms with van der Waals surface area (Å²) >= 11 is 5.81. The minimum absolute atomic E-state index is 0.0183. The van der Waals surface area contributed by atoms with E-state index >= 15 is 0 Å². The van der Waals surface area contributed by atoms with Crippen LogP contribution in [0.3, 0.4) is 0 Å². The van der Waals surface area contributed by atoms with Gasteiger partial charge in [-0.05, 0) is 19.1 Å². The van der Waals surface area contributed by atoms with E-state index in [0.717, 1.165) is 0 Å². The molecule has 1 aromatic carbocycles. The molecule has 0 spiro atoms. The van der Waals surface area contributed by atoms with Gasteiger partial charge in [0.25, 0.3) is 11.6 Å². The van der Waals surface area contributed by atoms with Gasteiger partial charge in [-0.3, -0.25) is 14.9 Å². The van der Waals surface area contributed by atoms with Crippen LogP contribution < -0.4 is 0 Å². The van der Waals surface area contributed by atoms with Crippen LogP contribution in [0, 0.1) is 10.1 Å². The number of rotatable bonds is 2. The van der Waals surface area contributed by atoms with Crippen molar-refractivity contribution in [3.05, 3.63) is 38.9 Å². The SMILES string of the molecule is CC1COCCN1C(=O)c1ccc([N+](=O)[O-])c(Cl)c1. The van der Waals surface area contributed by atoms with Gasteiger partial charge in [-0.2, -0.15) is 0 Å². The number of nitro benzene ring substituents is 1. The molecule has 0 bridgehead atoms. The van der Waals surface area contributed by atoms with E-state index < -0.39 is 4.92 Å². The first-order valence-corrected chi connectivity index (χ1v) is 6.21. The number of amides is 1. The summed E-state index contributed by atoms with van der Waals surface area (Å²) in [6, 6.07) is 3.99. The molecule has 6 nitrogen and oxygen atoms in total. The summed E-state index contributed by atoms with van der Waals surface area (Å²) in [5.74, 6) is -0.187. The molecule has 2 rings (SSSR count). The van der Waals surface area contributed by atoms with Crippen LogP contribution >= 0.6 is 11.6 Å². The Labute approximate surface area is 115 Å². The summed E-state index contributed by atoms with van der Waals surface area (Å²) < 4.78 is 5.26. The Morgan fingerprint density at radius 2 is 2.32 bits per heavy atom. The Morgan fingerprint density at radius 1 is 1.58 bits per heavy atom. The molecule has 1 aliphatic heterocycles. The van der Waals surface area contributed by atoms with Crippen LogP contribution in [-0.4, -0.2) is 41.5 Å². The molecule has 0 saturated carbocycles. The van der Waals surface area contributed by atoms with E-state index in [0.29, 0.717) is 25.3 Å². The molecule has 1 aromatic rings. The third kappa shape index (κ3) is 2.85. The van der Waals surface area contributed by atoms with E-state index in [9.17, 15) is 14.9 Å². The average Bonchev–Trinajstić information content (AvgIpc) is 2.38. The van der Waals surface area contributed by atoms with Crippen LogP contribution in [0.15, 0.2) is 18.2 Å². The number of hydrogen-bond acceptors (Lipinski definition) is 4. The van der Waals surface area contributed by atoms with Gasteiger partial charge in [0.2, 0.25) is 0 Å². The third-order valence-electron chi connectivity index (χ3n) is 3.02. The largest absolute Gasteiger partial charge is 0.377 e. The molecule has 102 valence electrons. The normalized spacial score (nSPS) is 19.3. The molecule has 1 amide bonds. The average molecular weight is 285 g/mol. The van der Waals surface area contributed by atoms with Crippen molar-refractivity contribution in [1.82, 2.24) is 4.90 Å². The molecule has 1 fully saturated rings. The van der Waals surface area contributed by atoms with Crippen molar-refractivity contribution < 1.29 is 14.5 Å². The molecule has 1 atom stereocenters. The van der Waals surface area contributed by atoms with E-state index in [4.69, 9.17) is 16.3 Å². The van der Waals surface area contributed by atoms with Crippen LogP contribution in [0.1, 0.15) is 17.3 Å². The zero-order valence-corrected chi connectivity index (χ0v) is 11.1. The maximum Gasteiger partial charge on any atom is 0.287 e. The summed E-state index contributed by atoms with van der Waals surface area (Å²) in [6.07, 6.45) is 0. The van der Waals surface area contributed by atoms with Gasteiger partial charge in [-0.1, -0.05) is 11.6 Å². The van der Waals surface area contributed by atoms with Crippen LogP contribution in [-0.2, 0) is 4.74 Å². The Morgan fingerprint density at radius 3 is 2.89 bits per heavy atom. The van der Waals surface area contributed by atoms with Crippen molar-refractivity contribution >= 4 is 23.2 Å². The third-order valence-corrected chi connectivity index (χ3v) is 3.32. The predicted octanol–water partition coefficient (Wildman–Crippen LogP) is 2.11. The van der Waals surface area contributed by atoms with Crippen molar-refractivity contribution in [2.45, 2.75) is 13.0 Å². The zero-order chi connectivity index (χ0) is 14.0. The first kappa shape index (κ1) is 13.8. The van der Waals surface area contributed by atoms with E-state index in [1.807, 2.05) is 6.92 Å². The molecule has 0 aromatic heterocycles. The summed E-state index contributed by atoms with van der Waals surface area (Å²) in [4.78, 5) is 24.1. The van der Waals surface area contributed by atoms with Crippen LogP contribution in [0.5, 0.6) is 0 Å². The number of ether oxygens (including phenoxy) is 1. The van der Waals surface area contributed by atoms with Gasteiger partial charge >= 0.3 is 0 Å². The van der Waals surface area contributed by atoms with Gasteiger partial charge in [-0.25, -0.2) is 0 Å². The Bertz CT molecular complexity index is 520. The van der Waals surface area contributed by atoms with Gasteiger partial charge in [0.05, 0.1) is 24.2 Å². The first-order valence-electron chi connectivity index (χ1n) is 5.83. The number of nitro groups is 1. The monoisotopic (exact) mass is 284 g/mol. The molecular formula is C12H13ClN2O4. The molecule has 1 aliphatic rings. The summed E-state index contributed by atoms with van der Waals surface area (Å²) in [5, 5.41) is 10.6. The number of carbonyl (C=O) groups excluding carboxylic acids is 1. The zero-order valence-electron chi connectivity index (χ0n) is 10.3. The fourth-order valence-electron chi connectivity index (χ4n) is 1.98. The van der Waals surface area contributed by atoms with E-state index in [1.165, 1.54) is 18.2 Å². The standard InChI is InChI=1S/C12H13ClN2O4/c1-8-7-19-5-4-14(8)12(16)9-2-3-11(15(17)18)10(13)6-9/h2-3,6,8H,4-5,7H2,1H3. The number of nitrogens with zero attached hydrogens (tertiary/aromatic N) is 2. The van der Waals surface area contributed by atoms with Gasteiger partial charge in [-0.15, -0.1) is 0 Å². The number of morpholine rings is 1. The smallest absolute Gasteiger partial charge is 0.287 e. The summed E-state index contributed by atoms with van der Waals surface area (Å²) in [6.45, 7) is 3.39. The molecule has 7 heteroatoms. The van der Waals surface area contributed by atoms with E-state index in [-0.39, 0.29) is 22.7 Å². The quantitative estimate of drug-likeness (QED) is 0.616. The first-order chi connectivity index (χ1) is 9.00. The second-order valence-corrected chi connectivity index (χ2v) is 4.75. The van der Waals surface area contributed by atoms with Gasteiger partial charge in [0, 0.05) is 18.2 Å². The molecule has 0 N–H and O–H groups in total. The topological polar surface area (TPSA) is 72.7 Å². The lowest BCUT2D eigenvalue weighted by atomic mass is 10.1. The maximum absolute atomic E-state index is 12.3. The highest BCUT2D eigenvalue weighted by Crippen LogP contribution is 2.26. The van der Waals surface area contributed by atoms with Gasteiger partial charge < -0.3 is 9.64 Å². The van der Waals surface area contributed by atoms with Crippen molar-refractivity contribution in [2.24, 2.45) is 0 Å². The molecule has 0 radical (unpaired) electrons. The highest BCUT2D eigenvalue weighted by molar-refractivity contribution is 6.33. The minimum Gasteiger partial charge on any atom is -0.377 e. The van der Waals surface area contributed by atoms with Crippen LogP contribution in [0.4, 0.5) is 5.69 Å². The molecule has 0 aliphatic carbocycles. The Kier molecular flexibility index (Phi) is 4.01. The summed E-state index contributed by atoms with van der Waals surface area (Å²) in [7, 11) is 0. The predicted molar refractivity (Wildman–Crippen MR) is 69.4 cm³/mol. The summed E-state index contributed by atoms with van der Waals surface area (Å²) in [5.41, 5.74) is 0.151. The fourth-order valence-corrected chi connectivity index (χ4v) is 2.23. The van der Waals surface area contributed by atoms with Gasteiger partial charge in [0.1, 0.15) is 5.02 Å². The number of hydrogen-bond donors (Lipinski definition) is 0. The van der Waals surface area contributed by atoms with E-state index in [1.54, 1.807) is 4.90 Å². The Hall–Kier alpha value is -1.66. The number of benzene rings is 1. The molecule has 19 heavy (non-hydrogen) atoms.